The molecule has 1 aromatic heterocycles. The highest BCUT2D eigenvalue weighted by atomic mass is 32.2. The Morgan fingerprint density at radius 3 is 2.19 bits per heavy atom. The Balaban J connectivity index is 1.45. The van der Waals surface area contributed by atoms with Gasteiger partial charge in [-0.2, -0.15) is 0 Å². The van der Waals surface area contributed by atoms with E-state index in [1.165, 1.54) is 42.9 Å². The van der Waals surface area contributed by atoms with Crippen LogP contribution in [0.3, 0.4) is 0 Å². The number of nitrogens with zero attached hydrogens (tertiary/aromatic N) is 2. The Morgan fingerprint density at radius 1 is 1.03 bits per heavy atom. The van der Waals surface area contributed by atoms with Gasteiger partial charge in [-0.1, -0.05) is 12.1 Å². The first-order valence-corrected chi connectivity index (χ1v) is 11.4. The van der Waals surface area contributed by atoms with E-state index in [0.717, 1.165) is 16.2 Å². The number of imide groups is 1. The fourth-order valence-electron chi connectivity index (χ4n) is 3.10. The summed E-state index contributed by atoms with van der Waals surface area (Å²) in [4.78, 5) is 42.5. The number of aromatic nitrogens is 1. The molecule has 11 heteroatoms. The van der Waals surface area contributed by atoms with Crippen molar-refractivity contribution in [2.24, 2.45) is 0 Å². The minimum atomic E-state index is -3.79. The first-order chi connectivity index (χ1) is 14.8. The van der Waals surface area contributed by atoms with Crippen LogP contribution < -0.4 is 10.0 Å². The standard InChI is InChI=1S/C20H16N4O5S2/c1-12(24-19(26)15-4-2-3-5-16(15)20(24)27)18(25)22-13-6-8-14(9-7-13)31(28,29)23-17-10-21-11-30-17/h2-12,23H,1H3,(H,22,25)/t12-/m1/s1. The van der Waals surface area contributed by atoms with Crippen LogP contribution in [0.5, 0.6) is 0 Å². The topological polar surface area (TPSA) is 126 Å². The summed E-state index contributed by atoms with van der Waals surface area (Å²) in [6, 6.07) is 10.9. The van der Waals surface area contributed by atoms with Crippen LogP contribution in [0.1, 0.15) is 27.6 Å². The van der Waals surface area contributed by atoms with Crippen LogP contribution in [-0.2, 0) is 14.8 Å². The van der Waals surface area contributed by atoms with E-state index in [1.54, 1.807) is 24.3 Å². The number of carbonyl (C=O) groups is 3. The molecule has 0 unspecified atom stereocenters. The maximum atomic E-state index is 12.6. The van der Waals surface area contributed by atoms with Crippen molar-refractivity contribution in [3.8, 4) is 0 Å². The lowest BCUT2D eigenvalue weighted by atomic mass is 10.1. The van der Waals surface area contributed by atoms with Crippen LogP contribution in [-0.4, -0.2) is 42.1 Å². The molecule has 1 atom stereocenters. The SMILES string of the molecule is C[C@H](C(=O)Nc1ccc(S(=O)(=O)Nc2cncs2)cc1)N1C(=O)c2ccccc2C1=O. The molecule has 0 spiro atoms. The molecule has 2 N–H and O–H groups in total. The minimum absolute atomic E-state index is 0.00676. The van der Waals surface area contributed by atoms with Crippen LogP contribution in [0.15, 0.2) is 65.1 Å². The number of benzene rings is 2. The second-order valence-electron chi connectivity index (χ2n) is 6.69. The number of thiazole rings is 1. The largest absolute Gasteiger partial charge is 0.324 e. The molecule has 0 saturated heterocycles. The molecule has 1 aliphatic rings. The first-order valence-electron chi connectivity index (χ1n) is 9.07. The highest BCUT2D eigenvalue weighted by Crippen LogP contribution is 2.25. The minimum Gasteiger partial charge on any atom is -0.324 e. The maximum absolute atomic E-state index is 12.6. The number of hydrogen-bond donors (Lipinski definition) is 2. The van der Waals surface area contributed by atoms with Crippen LogP contribution in [0.4, 0.5) is 10.7 Å². The van der Waals surface area contributed by atoms with Crippen molar-refractivity contribution in [3.63, 3.8) is 0 Å². The van der Waals surface area contributed by atoms with Crippen molar-refractivity contribution >= 4 is 49.8 Å². The molecular weight excluding hydrogens is 440 g/mol. The Labute approximate surface area is 181 Å². The Hall–Kier alpha value is -3.57. The molecule has 0 aliphatic carbocycles. The van der Waals surface area contributed by atoms with Crippen molar-refractivity contribution in [3.05, 3.63) is 71.4 Å². The number of rotatable bonds is 6. The van der Waals surface area contributed by atoms with E-state index >= 15 is 0 Å². The van der Waals surface area contributed by atoms with E-state index in [1.807, 2.05) is 0 Å². The van der Waals surface area contributed by atoms with Crippen molar-refractivity contribution in [1.82, 2.24) is 9.88 Å². The summed E-state index contributed by atoms with van der Waals surface area (Å²) in [5.74, 6) is -1.63. The summed E-state index contributed by atoms with van der Waals surface area (Å²) in [5, 5.41) is 2.98. The van der Waals surface area contributed by atoms with E-state index < -0.39 is 33.8 Å². The maximum Gasteiger partial charge on any atom is 0.262 e. The van der Waals surface area contributed by atoms with Gasteiger partial charge in [0.2, 0.25) is 5.91 Å². The lowest BCUT2D eigenvalue weighted by Crippen LogP contribution is -2.45. The number of hydrogen-bond acceptors (Lipinski definition) is 7. The zero-order chi connectivity index (χ0) is 22.2. The third-order valence-corrected chi connectivity index (χ3v) is 6.89. The average molecular weight is 457 g/mol. The highest BCUT2D eigenvalue weighted by molar-refractivity contribution is 7.93. The molecule has 158 valence electrons. The van der Waals surface area contributed by atoms with Gasteiger partial charge in [0.15, 0.2) is 0 Å². The normalized spacial score (nSPS) is 14.3. The second-order valence-corrected chi connectivity index (χ2v) is 9.26. The van der Waals surface area contributed by atoms with Crippen LogP contribution in [0, 0.1) is 0 Å². The second kappa shape index (κ2) is 7.93. The van der Waals surface area contributed by atoms with Gasteiger partial charge in [-0.15, -0.1) is 11.3 Å². The summed E-state index contributed by atoms with van der Waals surface area (Å²) >= 11 is 1.15. The Morgan fingerprint density at radius 2 is 1.65 bits per heavy atom. The molecule has 2 aromatic carbocycles. The van der Waals surface area contributed by atoms with E-state index in [4.69, 9.17) is 0 Å². The first kappa shape index (κ1) is 20.7. The van der Waals surface area contributed by atoms with Gasteiger partial charge >= 0.3 is 0 Å². The van der Waals surface area contributed by atoms with Gasteiger partial charge < -0.3 is 5.32 Å². The molecule has 3 amide bonds. The van der Waals surface area contributed by atoms with E-state index in [2.05, 4.69) is 15.0 Å². The number of anilines is 2. The van der Waals surface area contributed by atoms with Crippen molar-refractivity contribution in [1.29, 1.82) is 0 Å². The van der Waals surface area contributed by atoms with Gasteiger partial charge in [-0.3, -0.25) is 29.0 Å². The number of nitrogens with one attached hydrogen (secondary N) is 2. The molecule has 0 fully saturated rings. The molecular formula is C20H16N4O5S2. The van der Waals surface area contributed by atoms with Gasteiger partial charge in [0.05, 0.1) is 27.7 Å². The fraction of sp³-hybridized carbons (Fsp3) is 0.100. The quantitative estimate of drug-likeness (QED) is 0.549. The Bertz CT molecular complexity index is 1240. The van der Waals surface area contributed by atoms with E-state index in [-0.39, 0.29) is 16.0 Å². The summed E-state index contributed by atoms with van der Waals surface area (Å²) in [6.07, 6.45) is 1.40. The van der Waals surface area contributed by atoms with Gasteiger partial charge in [-0.05, 0) is 43.3 Å². The Kier molecular flexibility index (Phi) is 5.29. The number of carbonyl (C=O) groups excluding carboxylic acids is 3. The van der Waals surface area contributed by atoms with Gasteiger partial charge in [0, 0.05) is 5.69 Å². The number of fused-ring (bicyclic) bond motifs is 1. The smallest absolute Gasteiger partial charge is 0.262 e. The third-order valence-electron chi connectivity index (χ3n) is 4.69. The predicted octanol–water partition coefficient (Wildman–Crippen LogP) is 2.57. The molecule has 0 saturated carbocycles. The fourth-order valence-corrected chi connectivity index (χ4v) is 4.91. The summed E-state index contributed by atoms with van der Waals surface area (Å²) < 4.78 is 27.2. The van der Waals surface area contributed by atoms with Gasteiger partial charge in [0.25, 0.3) is 21.8 Å². The molecule has 2 heterocycles. The van der Waals surface area contributed by atoms with Gasteiger partial charge in [0.1, 0.15) is 11.0 Å². The molecule has 0 radical (unpaired) electrons. The summed E-state index contributed by atoms with van der Waals surface area (Å²) in [7, 11) is -3.79. The zero-order valence-corrected chi connectivity index (χ0v) is 17.7. The summed E-state index contributed by atoms with van der Waals surface area (Å²) in [5.41, 5.74) is 2.35. The molecule has 0 bridgehead atoms. The highest BCUT2D eigenvalue weighted by Gasteiger charge is 2.40. The zero-order valence-electron chi connectivity index (χ0n) is 16.1. The van der Waals surface area contributed by atoms with Crippen LogP contribution in [0.2, 0.25) is 0 Å². The third kappa shape index (κ3) is 3.92. The number of amides is 3. The molecule has 1 aliphatic heterocycles. The van der Waals surface area contributed by atoms with E-state index in [0.29, 0.717) is 10.7 Å². The molecule has 4 rings (SSSR count). The van der Waals surface area contributed by atoms with Crippen LogP contribution >= 0.6 is 11.3 Å². The molecule has 9 nitrogen and oxygen atoms in total. The predicted molar refractivity (Wildman–Crippen MR) is 114 cm³/mol. The average Bonchev–Trinajstić information content (AvgIpc) is 3.34. The molecule has 31 heavy (non-hydrogen) atoms. The lowest BCUT2D eigenvalue weighted by molar-refractivity contribution is -0.119. The number of sulfonamides is 1. The van der Waals surface area contributed by atoms with Crippen molar-refractivity contribution in [2.45, 2.75) is 17.9 Å². The molecule has 3 aromatic rings. The summed E-state index contributed by atoms with van der Waals surface area (Å²) in [6.45, 7) is 1.45. The van der Waals surface area contributed by atoms with Gasteiger partial charge in [-0.25, -0.2) is 8.42 Å². The van der Waals surface area contributed by atoms with Crippen molar-refractivity contribution < 1.29 is 22.8 Å². The lowest BCUT2D eigenvalue weighted by Gasteiger charge is -2.21. The van der Waals surface area contributed by atoms with Crippen LogP contribution in [0.25, 0.3) is 0 Å². The monoisotopic (exact) mass is 456 g/mol. The van der Waals surface area contributed by atoms with E-state index in [9.17, 15) is 22.8 Å². The van der Waals surface area contributed by atoms with Crippen molar-refractivity contribution in [2.75, 3.05) is 10.0 Å².